The first-order valence-corrected chi connectivity index (χ1v) is 6.74. The molecule has 0 saturated carbocycles. The van der Waals surface area contributed by atoms with Gasteiger partial charge in [-0.3, -0.25) is 19.3 Å². The Hall–Kier alpha value is -1.63. The zero-order valence-corrected chi connectivity index (χ0v) is 12.1. The zero-order valence-electron chi connectivity index (χ0n) is 12.1. The molecule has 0 aromatic rings. The summed E-state index contributed by atoms with van der Waals surface area (Å²) in [4.78, 5) is 34.4. The molecule has 116 valence electrons. The quantitative estimate of drug-likeness (QED) is 0.508. The average Bonchev–Trinajstić information content (AvgIpc) is 2.32. The van der Waals surface area contributed by atoms with E-state index in [1.165, 1.54) is 0 Å². The third-order valence-corrected chi connectivity index (χ3v) is 2.58. The molecule has 0 aliphatic heterocycles. The Morgan fingerprint density at radius 1 is 1.05 bits per heavy atom. The Morgan fingerprint density at radius 3 is 2.15 bits per heavy atom. The second kappa shape index (κ2) is 10.2. The number of aliphatic carboxylic acids is 2. The van der Waals surface area contributed by atoms with Crippen LogP contribution in [-0.4, -0.2) is 59.1 Å². The second-order valence-electron chi connectivity index (χ2n) is 5.12. The maximum atomic E-state index is 11.7. The van der Waals surface area contributed by atoms with E-state index in [-0.39, 0.29) is 31.8 Å². The largest absolute Gasteiger partial charge is 0.481 e. The van der Waals surface area contributed by atoms with E-state index in [0.29, 0.717) is 25.4 Å². The lowest BCUT2D eigenvalue weighted by Crippen LogP contribution is -2.40. The van der Waals surface area contributed by atoms with Crippen LogP contribution in [0.1, 0.15) is 33.1 Å². The monoisotopic (exact) mass is 288 g/mol. The molecule has 0 rings (SSSR count). The van der Waals surface area contributed by atoms with Gasteiger partial charge in [0.2, 0.25) is 5.91 Å². The third-order valence-electron chi connectivity index (χ3n) is 2.58. The first kappa shape index (κ1) is 18.4. The number of hydrogen-bond donors (Lipinski definition) is 3. The lowest BCUT2D eigenvalue weighted by atomic mass is 10.2. The van der Waals surface area contributed by atoms with Crippen LogP contribution in [0.5, 0.6) is 0 Å². The first-order chi connectivity index (χ1) is 9.31. The van der Waals surface area contributed by atoms with E-state index in [0.717, 1.165) is 0 Å². The number of nitrogens with one attached hydrogen (secondary N) is 1. The van der Waals surface area contributed by atoms with Gasteiger partial charge in [0.25, 0.3) is 0 Å². The van der Waals surface area contributed by atoms with Crippen molar-refractivity contribution in [3.05, 3.63) is 0 Å². The summed E-state index contributed by atoms with van der Waals surface area (Å²) >= 11 is 0. The highest BCUT2D eigenvalue weighted by atomic mass is 16.4. The van der Waals surface area contributed by atoms with Crippen molar-refractivity contribution in [1.29, 1.82) is 0 Å². The Balaban J connectivity index is 4.17. The van der Waals surface area contributed by atoms with Gasteiger partial charge in [-0.15, -0.1) is 0 Å². The normalized spacial score (nSPS) is 10.8. The van der Waals surface area contributed by atoms with Gasteiger partial charge in [0.15, 0.2) is 0 Å². The number of nitrogens with zero attached hydrogens (tertiary/aromatic N) is 1. The molecule has 0 saturated heterocycles. The molecule has 0 radical (unpaired) electrons. The molecule has 0 unspecified atom stereocenters. The van der Waals surface area contributed by atoms with Gasteiger partial charge in [-0.25, -0.2) is 0 Å². The molecule has 0 spiro atoms. The van der Waals surface area contributed by atoms with E-state index in [4.69, 9.17) is 10.2 Å². The van der Waals surface area contributed by atoms with E-state index in [9.17, 15) is 14.4 Å². The highest BCUT2D eigenvalue weighted by Gasteiger charge is 2.13. The number of amides is 1. The highest BCUT2D eigenvalue weighted by molar-refractivity contribution is 5.78. The molecule has 3 N–H and O–H groups in total. The topological polar surface area (TPSA) is 107 Å². The van der Waals surface area contributed by atoms with Crippen molar-refractivity contribution in [2.45, 2.75) is 33.1 Å². The summed E-state index contributed by atoms with van der Waals surface area (Å²) in [5.41, 5.74) is 0. The van der Waals surface area contributed by atoms with E-state index in [1.807, 2.05) is 13.8 Å². The third kappa shape index (κ3) is 11.5. The van der Waals surface area contributed by atoms with Crippen molar-refractivity contribution in [2.24, 2.45) is 5.92 Å². The number of carboxylic acids is 2. The van der Waals surface area contributed by atoms with Gasteiger partial charge in [0.1, 0.15) is 0 Å². The SMILES string of the molecule is CC(C)CNC(=O)CN(CCCC(=O)O)CCC(=O)O. The van der Waals surface area contributed by atoms with Crippen LogP contribution in [0.4, 0.5) is 0 Å². The van der Waals surface area contributed by atoms with Gasteiger partial charge >= 0.3 is 11.9 Å². The molecule has 0 aromatic heterocycles. The fourth-order valence-corrected chi connectivity index (χ4v) is 1.55. The number of carbonyl (C=O) groups is 3. The smallest absolute Gasteiger partial charge is 0.304 e. The predicted molar refractivity (Wildman–Crippen MR) is 73.4 cm³/mol. The molecule has 7 heteroatoms. The summed E-state index contributed by atoms with van der Waals surface area (Å²) in [6.45, 7) is 5.27. The Labute approximate surface area is 119 Å². The zero-order chi connectivity index (χ0) is 15.5. The molecular weight excluding hydrogens is 264 g/mol. The molecular formula is C13H24N2O5. The Kier molecular flexibility index (Phi) is 9.36. The van der Waals surface area contributed by atoms with Gasteiger partial charge < -0.3 is 15.5 Å². The molecule has 0 heterocycles. The second-order valence-corrected chi connectivity index (χ2v) is 5.12. The standard InChI is InChI=1S/C13H24N2O5/c1-10(2)8-14-11(16)9-15(7-5-13(19)20)6-3-4-12(17)18/h10H,3-9H2,1-2H3,(H,14,16)(H,17,18)(H,19,20). The van der Waals surface area contributed by atoms with Crippen LogP contribution >= 0.6 is 0 Å². The molecule has 20 heavy (non-hydrogen) atoms. The van der Waals surface area contributed by atoms with Crippen LogP contribution in [0, 0.1) is 5.92 Å². The summed E-state index contributed by atoms with van der Waals surface area (Å²) in [6, 6.07) is 0. The molecule has 0 atom stereocenters. The van der Waals surface area contributed by atoms with E-state index >= 15 is 0 Å². The minimum atomic E-state index is -0.934. The Bertz CT molecular complexity index is 331. The van der Waals surface area contributed by atoms with Crippen molar-refractivity contribution in [3.63, 3.8) is 0 Å². The summed E-state index contributed by atoms with van der Waals surface area (Å²) < 4.78 is 0. The van der Waals surface area contributed by atoms with Crippen molar-refractivity contribution in [1.82, 2.24) is 10.2 Å². The molecule has 0 aromatic carbocycles. The molecule has 1 amide bonds. The minimum absolute atomic E-state index is 0.0111. The summed E-state index contributed by atoms with van der Waals surface area (Å²) in [6.07, 6.45) is 0.341. The van der Waals surface area contributed by atoms with Crippen LogP contribution in [0.15, 0.2) is 0 Å². The molecule has 7 nitrogen and oxygen atoms in total. The number of rotatable bonds is 11. The summed E-state index contributed by atoms with van der Waals surface area (Å²) in [5, 5.41) is 20.0. The average molecular weight is 288 g/mol. The van der Waals surface area contributed by atoms with Crippen molar-refractivity contribution in [2.75, 3.05) is 26.2 Å². The van der Waals surface area contributed by atoms with E-state index < -0.39 is 11.9 Å². The van der Waals surface area contributed by atoms with Crippen LogP contribution in [0.3, 0.4) is 0 Å². The van der Waals surface area contributed by atoms with Crippen molar-refractivity contribution < 1.29 is 24.6 Å². The van der Waals surface area contributed by atoms with Crippen LogP contribution in [0.25, 0.3) is 0 Å². The molecule has 0 fully saturated rings. The maximum absolute atomic E-state index is 11.7. The summed E-state index contributed by atoms with van der Waals surface area (Å²) in [5.74, 6) is -1.65. The molecule has 0 bridgehead atoms. The molecule has 0 aliphatic rings. The van der Waals surface area contributed by atoms with Gasteiger partial charge in [-0.1, -0.05) is 13.8 Å². The fourth-order valence-electron chi connectivity index (χ4n) is 1.55. The van der Waals surface area contributed by atoms with Gasteiger partial charge in [0, 0.05) is 19.5 Å². The summed E-state index contributed by atoms with van der Waals surface area (Å²) in [7, 11) is 0. The lowest BCUT2D eigenvalue weighted by molar-refractivity contribution is -0.139. The van der Waals surface area contributed by atoms with Crippen LogP contribution in [0.2, 0.25) is 0 Å². The minimum Gasteiger partial charge on any atom is -0.481 e. The highest BCUT2D eigenvalue weighted by Crippen LogP contribution is 1.98. The van der Waals surface area contributed by atoms with Crippen molar-refractivity contribution >= 4 is 17.8 Å². The van der Waals surface area contributed by atoms with Crippen LogP contribution in [-0.2, 0) is 14.4 Å². The van der Waals surface area contributed by atoms with Crippen molar-refractivity contribution in [3.8, 4) is 0 Å². The number of carbonyl (C=O) groups excluding carboxylic acids is 1. The molecule has 0 aliphatic carbocycles. The first-order valence-electron chi connectivity index (χ1n) is 6.74. The number of carboxylic acid groups (broad SMARTS) is 2. The van der Waals surface area contributed by atoms with Gasteiger partial charge in [-0.05, 0) is 18.9 Å². The predicted octanol–water partition coefficient (Wildman–Crippen LogP) is 0.400. The Morgan fingerprint density at radius 2 is 1.65 bits per heavy atom. The van der Waals surface area contributed by atoms with E-state index in [1.54, 1.807) is 4.90 Å². The number of hydrogen-bond acceptors (Lipinski definition) is 4. The van der Waals surface area contributed by atoms with Crippen LogP contribution < -0.4 is 5.32 Å². The maximum Gasteiger partial charge on any atom is 0.304 e. The van der Waals surface area contributed by atoms with E-state index in [2.05, 4.69) is 5.32 Å². The lowest BCUT2D eigenvalue weighted by Gasteiger charge is -2.21. The van der Waals surface area contributed by atoms with Gasteiger partial charge in [-0.2, -0.15) is 0 Å². The van der Waals surface area contributed by atoms with Gasteiger partial charge in [0.05, 0.1) is 13.0 Å². The fraction of sp³-hybridized carbons (Fsp3) is 0.769.